The first-order valence-corrected chi connectivity index (χ1v) is 6.40. The molecule has 4 heteroatoms. The van der Waals surface area contributed by atoms with Gasteiger partial charge in [0.25, 0.3) is 0 Å². The predicted octanol–water partition coefficient (Wildman–Crippen LogP) is -0.0492. The third kappa shape index (κ3) is 4.37. The van der Waals surface area contributed by atoms with Crippen molar-refractivity contribution in [3.63, 3.8) is 0 Å². The molecule has 1 aliphatic heterocycles. The molecule has 16 heavy (non-hydrogen) atoms. The van der Waals surface area contributed by atoms with Crippen molar-refractivity contribution in [2.24, 2.45) is 5.73 Å². The van der Waals surface area contributed by atoms with E-state index in [2.05, 4.69) is 36.0 Å². The summed E-state index contributed by atoms with van der Waals surface area (Å²) in [5.41, 5.74) is 5.74. The van der Waals surface area contributed by atoms with Gasteiger partial charge in [-0.2, -0.15) is 0 Å². The lowest BCUT2D eigenvalue weighted by atomic mass is 10.0. The molecule has 0 radical (unpaired) electrons. The van der Waals surface area contributed by atoms with Crippen molar-refractivity contribution < 1.29 is 0 Å². The molecule has 3 N–H and O–H groups in total. The van der Waals surface area contributed by atoms with Gasteiger partial charge in [0.05, 0.1) is 0 Å². The Hall–Kier alpha value is -0.160. The Balaban J connectivity index is 2.26. The van der Waals surface area contributed by atoms with E-state index in [4.69, 9.17) is 5.73 Å². The highest BCUT2D eigenvalue weighted by molar-refractivity contribution is 4.86. The van der Waals surface area contributed by atoms with Crippen LogP contribution < -0.4 is 11.1 Å². The minimum Gasteiger partial charge on any atom is -0.330 e. The van der Waals surface area contributed by atoms with Gasteiger partial charge in [0.2, 0.25) is 0 Å². The summed E-state index contributed by atoms with van der Waals surface area (Å²) < 4.78 is 0. The number of nitrogens with two attached hydrogens (primary N) is 1. The standard InChI is InChI=1S/C12H28N4/c1-12(2,11-14-6-4-5-13)16-9-7-15(3)8-10-16/h14H,4-11,13H2,1-3H3. The molecular formula is C12H28N4. The molecule has 1 saturated heterocycles. The molecule has 4 nitrogen and oxygen atoms in total. The second-order valence-electron chi connectivity index (χ2n) is 5.42. The van der Waals surface area contributed by atoms with Crippen molar-refractivity contribution >= 4 is 0 Å². The fraction of sp³-hybridized carbons (Fsp3) is 1.00. The highest BCUT2D eigenvalue weighted by Crippen LogP contribution is 2.15. The summed E-state index contributed by atoms with van der Waals surface area (Å²) in [6.07, 6.45) is 1.07. The quantitative estimate of drug-likeness (QED) is 0.626. The van der Waals surface area contributed by atoms with Gasteiger partial charge in [0.15, 0.2) is 0 Å². The zero-order valence-corrected chi connectivity index (χ0v) is 11.1. The van der Waals surface area contributed by atoms with Crippen LogP contribution in [0.25, 0.3) is 0 Å². The van der Waals surface area contributed by atoms with Crippen LogP contribution in [0.3, 0.4) is 0 Å². The second-order valence-corrected chi connectivity index (χ2v) is 5.42. The predicted molar refractivity (Wildman–Crippen MR) is 69.7 cm³/mol. The van der Waals surface area contributed by atoms with Crippen LogP contribution in [0.15, 0.2) is 0 Å². The van der Waals surface area contributed by atoms with Crippen LogP contribution in [0, 0.1) is 0 Å². The van der Waals surface area contributed by atoms with Crippen molar-refractivity contribution in [1.29, 1.82) is 0 Å². The van der Waals surface area contributed by atoms with E-state index in [0.29, 0.717) is 0 Å². The summed E-state index contributed by atoms with van der Waals surface area (Å²) in [6.45, 7) is 12.3. The molecule has 1 fully saturated rings. The number of piperazine rings is 1. The summed E-state index contributed by atoms with van der Waals surface area (Å²) in [5.74, 6) is 0. The van der Waals surface area contributed by atoms with Gasteiger partial charge in [-0.1, -0.05) is 0 Å². The molecule has 0 aromatic carbocycles. The smallest absolute Gasteiger partial charge is 0.0278 e. The maximum absolute atomic E-state index is 5.48. The molecule has 1 heterocycles. The zero-order chi connectivity index (χ0) is 12.0. The van der Waals surface area contributed by atoms with Gasteiger partial charge < -0.3 is 16.0 Å². The van der Waals surface area contributed by atoms with Crippen LogP contribution >= 0.6 is 0 Å². The number of hydrogen-bond donors (Lipinski definition) is 2. The molecular weight excluding hydrogens is 200 g/mol. The largest absolute Gasteiger partial charge is 0.330 e. The number of nitrogens with zero attached hydrogens (tertiary/aromatic N) is 2. The first-order valence-electron chi connectivity index (χ1n) is 6.40. The molecule has 1 aliphatic rings. The van der Waals surface area contributed by atoms with Crippen molar-refractivity contribution in [2.75, 3.05) is 52.9 Å². The first-order chi connectivity index (χ1) is 7.56. The average Bonchev–Trinajstić information content (AvgIpc) is 2.25. The summed E-state index contributed by atoms with van der Waals surface area (Å²) in [5, 5.41) is 3.50. The van der Waals surface area contributed by atoms with Crippen molar-refractivity contribution in [1.82, 2.24) is 15.1 Å². The third-order valence-electron chi connectivity index (χ3n) is 3.47. The summed E-state index contributed by atoms with van der Waals surface area (Å²) >= 11 is 0. The lowest BCUT2D eigenvalue weighted by molar-refractivity contribution is 0.0621. The normalized spacial score (nSPS) is 20.2. The Morgan fingerprint density at radius 2 is 1.81 bits per heavy atom. The summed E-state index contributed by atoms with van der Waals surface area (Å²) in [4.78, 5) is 4.98. The van der Waals surface area contributed by atoms with E-state index >= 15 is 0 Å². The SMILES string of the molecule is CN1CCN(C(C)(C)CNCCCN)CC1. The third-order valence-corrected chi connectivity index (χ3v) is 3.47. The highest BCUT2D eigenvalue weighted by Gasteiger charge is 2.28. The van der Waals surface area contributed by atoms with Crippen LogP contribution in [0.2, 0.25) is 0 Å². The number of hydrogen-bond acceptors (Lipinski definition) is 4. The lowest BCUT2D eigenvalue weighted by Gasteiger charge is -2.43. The van der Waals surface area contributed by atoms with Crippen LogP contribution in [0.1, 0.15) is 20.3 Å². The minimum absolute atomic E-state index is 0.260. The van der Waals surface area contributed by atoms with Crippen LogP contribution in [-0.4, -0.2) is 68.2 Å². The molecule has 0 saturated carbocycles. The van der Waals surface area contributed by atoms with Crippen LogP contribution in [-0.2, 0) is 0 Å². The molecule has 0 bridgehead atoms. The van der Waals surface area contributed by atoms with E-state index in [9.17, 15) is 0 Å². The fourth-order valence-electron chi connectivity index (χ4n) is 2.14. The Kier molecular flexibility index (Phi) is 5.69. The van der Waals surface area contributed by atoms with E-state index in [1.54, 1.807) is 0 Å². The zero-order valence-electron chi connectivity index (χ0n) is 11.1. The molecule has 0 atom stereocenters. The van der Waals surface area contributed by atoms with Crippen molar-refractivity contribution in [3.8, 4) is 0 Å². The molecule has 0 amide bonds. The van der Waals surface area contributed by atoms with Crippen LogP contribution in [0.4, 0.5) is 0 Å². The summed E-state index contributed by atoms with van der Waals surface area (Å²) in [7, 11) is 2.20. The number of nitrogens with one attached hydrogen (secondary N) is 1. The van der Waals surface area contributed by atoms with Crippen molar-refractivity contribution in [2.45, 2.75) is 25.8 Å². The van der Waals surface area contributed by atoms with E-state index in [-0.39, 0.29) is 5.54 Å². The minimum atomic E-state index is 0.260. The van der Waals surface area contributed by atoms with Gasteiger partial charge in [0.1, 0.15) is 0 Å². The van der Waals surface area contributed by atoms with Gasteiger partial charge in [-0.05, 0) is 40.4 Å². The maximum atomic E-state index is 5.48. The molecule has 96 valence electrons. The number of likely N-dealkylation sites (N-methyl/N-ethyl adjacent to an activating group) is 1. The van der Waals surface area contributed by atoms with Gasteiger partial charge in [-0.25, -0.2) is 0 Å². The van der Waals surface area contributed by atoms with Gasteiger partial charge in [-0.15, -0.1) is 0 Å². The Bertz CT molecular complexity index is 185. The summed E-state index contributed by atoms with van der Waals surface area (Å²) in [6, 6.07) is 0. The average molecular weight is 228 g/mol. The topological polar surface area (TPSA) is 44.5 Å². The second kappa shape index (κ2) is 6.55. The highest BCUT2D eigenvalue weighted by atomic mass is 15.3. The van der Waals surface area contributed by atoms with Gasteiger partial charge in [0, 0.05) is 38.3 Å². The van der Waals surface area contributed by atoms with Crippen LogP contribution in [0.5, 0.6) is 0 Å². The number of rotatable bonds is 6. The lowest BCUT2D eigenvalue weighted by Crippen LogP contribution is -2.57. The van der Waals surface area contributed by atoms with Crippen molar-refractivity contribution in [3.05, 3.63) is 0 Å². The molecule has 0 unspecified atom stereocenters. The molecule has 0 aromatic rings. The fourth-order valence-corrected chi connectivity index (χ4v) is 2.14. The molecule has 0 aliphatic carbocycles. The van der Waals surface area contributed by atoms with Gasteiger partial charge in [-0.3, -0.25) is 4.90 Å². The van der Waals surface area contributed by atoms with E-state index < -0.39 is 0 Å². The Morgan fingerprint density at radius 1 is 1.19 bits per heavy atom. The Labute approximate surface area is 100 Å². The van der Waals surface area contributed by atoms with E-state index in [1.807, 2.05) is 0 Å². The first kappa shape index (κ1) is 13.9. The Morgan fingerprint density at radius 3 is 2.38 bits per heavy atom. The molecule has 0 aromatic heterocycles. The van der Waals surface area contributed by atoms with E-state index in [0.717, 1.165) is 26.1 Å². The monoisotopic (exact) mass is 228 g/mol. The molecule has 1 rings (SSSR count). The maximum Gasteiger partial charge on any atom is 0.0278 e. The molecule has 0 spiro atoms. The van der Waals surface area contributed by atoms with Gasteiger partial charge >= 0.3 is 0 Å². The van der Waals surface area contributed by atoms with E-state index in [1.165, 1.54) is 26.2 Å².